The number of pyridine rings is 1. The fourth-order valence-electron chi connectivity index (χ4n) is 5.65. The Balaban J connectivity index is 1.22. The van der Waals surface area contributed by atoms with E-state index in [-0.39, 0.29) is 23.7 Å². The van der Waals surface area contributed by atoms with Gasteiger partial charge in [0.1, 0.15) is 28.0 Å². The van der Waals surface area contributed by atoms with Crippen LogP contribution in [-0.2, 0) is 4.79 Å². The molecule has 2 aliphatic rings. The number of carbonyl (C=O) groups is 1. The van der Waals surface area contributed by atoms with Crippen molar-refractivity contribution in [2.45, 2.75) is 6.10 Å². The molecule has 5 aromatic rings. The van der Waals surface area contributed by atoms with Crippen molar-refractivity contribution in [3.05, 3.63) is 59.3 Å². The molecule has 7 rings (SSSR count). The van der Waals surface area contributed by atoms with Gasteiger partial charge in [-0.25, -0.2) is 23.7 Å². The van der Waals surface area contributed by atoms with Crippen molar-refractivity contribution < 1.29 is 23.1 Å². The highest BCUT2D eigenvalue weighted by Crippen LogP contribution is 2.42. The molecule has 0 atom stereocenters. The second-order valence-corrected chi connectivity index (χ2v) is 11.8. The fraction of sp³-hybridized carbons (Fsp3) is 0.300. The van der Waals surface area contributed by atoms with E-state index in [0.29, 0.717) is 82.8 Å². The standard InChI is InChI=1S/C30H26F2N8O3S/c1-37(30-36-25(23(12-33)44-30)17-2-4-18(31)5-3-17)28-21-10-19(11-22(32)26(21)35-29-27(28)34-16-43-29)39-8-6-38(7-9-39)15-24(42)40-13-20(41)14-40/h2-5,10-11,16,20,41H,6-9,13-15H2,1H3. The van der Waals surface area contributed by atoms with Gasteiger partial charge in [-0.15, -0.1) is 0 Å². The molecule has 224 valence electrons. The summed E-state index contributed by atoms with van der Waals surface area (Å²) < 4.78 is 34.8. The summed E-state index contributed by atoms with van der Waals surface area (Å²) in [6, 6.07) is 11.3. The van der Waals surface area contributed by atoms with Crippen LogP contribution in [0.2, 0.25) is 0 Å². The monoisotopic (exact) mass is 616 g/mol. The lowest BCUT2D eigenvalue weighted by molar-refractivity contribution is -0.142. The SMILES string of the molecule is CN(c1nc(-c2ccc(F)cc2)c(C#N)s1)c1c2cc(N3CCN(CC(=O)N4CC(O)C4)CC3)cc(F)c2nc2ocnc12. The molecule has 0 unspecified atom stereocenters. The first-order chi connectivity index (χ1) is 21.3. The largest absolute Gasteiger partial charge is 0.425 e. The Hall–Kier alpha value is -4.71. The van der Waals surface area contributed by atoms with Crippen molar-refractivity contribution in [2.24, 2.45) is 0 Å². The number of nitrogens with zero attached hydrogens (tertiary/aromatic N) is 8. The molecule has 0 saturated carbocycles. The van der Waals surface area contributed by atoms with Crippen LogP contribution in [0.3, 0.4) is 0 Å². The van der Waals surface area contributed by atoms with Gasteiger partial charge in [-0.2, -0.15) is 5.26 Å². The Morgan fingerprint density at radius 1 is 1.14 bits per heavy atom. The third kappa shape index (κ3) is 4.98. The number of amides is 1. The first-order valence-electron chi connectivity index (χ1n) is 14.0. The Kier molecular flexibility index (Phi) is 7.08. The Labute approximate surface area is 254 Å². The highest BCUT2D eigenvalue weighted by atomic mass is 32.1. The van der Waals surface area contributed by atoms with Gasteiger partial charge in [0.15, 0.2) is 22.9 Å². The molecule has 2 aliphatic heterocycles. The van der Waals surface area contributed by atoms with Crippen LogP contribution in [0.1, 0.15) is 4.88 Å². The first kappa shape index (κ1) is 28.1. The molecule has 5 heterocycles. The number of rotatable bonds is 6. The van der Waals surface area contributed by atoms with Crippen molar-refractivity contribution in [3.8, 4) is 17.3 Å². The van der Waals surface area contributed by atoms with Gasteiger partial charge < -0.3 is 24.2 Å². The van der Waals surface area contributed by atoms with Crippen LogP contribution in [0.15, 0.2) is 47.2 Å². The maximum Gasteiger partial charge on any atom is 0.249 e. The number of aromatic nitrogens is 3. The summed E-state index contributed by atoms with van der Waals surface area (Å²) in [6.07, 6.45) is 0.817. The number of carbonyl (C=O) groups excluding carboxylic acids is 1. The summed E-state index contributed by atoms with van der Waals surface area (Å²) in [6.45, 7) is 3.47. The highest BCUT2D eigenvalue weighted by molar-refractivity contribution is 7.16. The number of halogens is 2. The minimum Gasteiger partial charge on any atom is -0.425 e. The number of anilines is 3. The molecule has 3 aromatic heterocycles. The van der Waals surface area contributed by atoms with Crippen molar-refractivity contribution in [3.63, 3.8) is 0 Å². The van der Waals surface area contributed by atoms with E-state index >= 15 is 4.39 Å². The number of oxazole rings is 1. The van der Waals surface area contributed by atoms with E-state index < -0.39 is 17.7 Å². The summed E-state index contributed by atoms with van der Waals surface area (Å²) in [5.41, 5.74) is 2.88. The summed E-state index contributed by atoms with van der Waals surface area (Å²) in [5, 5.41) is 20.3. The summed E-state index contributed by atoms with van der Waals surface area (Å²) in [4.78, 5) is 33.8. The second kappa shape index (κ2) is 11.1. The lowest BCUT2D eigenvalue weighted by atomic mass is 10.1. The predicted octanol–water partition coefficient (Wildman–Crippen LogP) is 3.74. The van der Waals surface area contributed by atoms with E-state index in [4.69, 9.17) is 9.40 Å². The van der Waals surface area contributed by atoms with Gasteiger partial charge in [0.2, 0.25) is 11.6 Å². The van der Waals surface area contributed by atoms with Crippen LogP contribution in [0.5, 0.6) is 0 Å². The highest BCUT2D eigenvalue weighted by Gasteiger charge is 2.31. The van der Waals surface area contributed by atoms with Gasteiger partial charge in [0.25, 0.3) is 0 Å². The van der Waals surface area contributed by atoms with Crippen LogP contribution in [-0.4, -0.2) is 94.7 Å². The first-order valence-corrected chi connectivity index (χ1v) is 14.8. The van der Waals surface area contributed by atoms with Gasteiger partial charge in [0, 0.05) is 63.0 Å². The molecule has 1 N–H and O–H groups in total. The second-order valence-electron chi connectivity index (χ2n) is 10.9. The molecule has 0 aliphatic carbocycles. The number of fused-ring (bicyclic) bond motifs is 2. The van der Waals surface area contributed by atoms with Gasteiger partial charge in [0.05, 0.1) is 18.3 Å². The third-order valence-corrected chi connectivity index (χ3v) is 9.09. The molecule has 14 heteroatoms. The number of piperazine rings is 1. The molecule has 1 amide bonds. The molecular weight excluding hydrogens is 590 g/mol. The average molecular weight is 617 g/mol. The van der Waals surface area contributed by atoms with E-state index in [1.165, 1.54) is 24.6 Å². The third-order valence-electron chi connectivity index (χ3n) is 8.06. The molecule has 0 bridgehead atoms. The maximum atomic E-state index is 15.7. The lowest BCUT2D eigenvalue weighted by Gasteiger charge is -2.39. The summed E-state index contributed by atoms with van der Waals surface area (Å²) in [7, 11) is 1.76. The van der Waals surface area contributed by atoms with Gasteiger partial charge in [-0.3, -0.25) is 9.69 Å². The molecule has 2 saturated heterocycles. The van der Waals surface area contributed by atoms with Crippen molar-refractivity contribution in [1.82, 2.24) is 24.8 Å². The summed E-state index contributed by atoms with van der Waals surface area (Å²) in [5.74, 6) is -0.917. The number of likely N-dealkylation sites (tertiary alicyclic amines) is 1. The van der Waals surface area contributed by atoms with E-state index in [1.54, 1.807) is 29.0 Å². The number of aliphatic hydroxyl groups excluding tert-OH is 1. The average Bonchev–Trinajstić information content (AvgIpc) is 3.66. The quantitative estimate of drug-likeness (QED) is 0.302. The topological polar surface area (TPSA) is 126 Å². The minimum absolute atomic E-state index is 0.000194. The van der Waals surface area contributed by atoms with E-state index in [0.717, 1.165) is 11.3 Å². The molecule has 2 aromatic carbocycles. The van der Waals surface area contributed by atoms with E-state index in [1.807, 2.05) is 6.07 Å². The van der Waals surface area contributed by atoms with E-state index in [9.17, 15) is 19.6 Å². The number of hydrogen-bond donors (Lipinski definition) is 1. The maximum absolute atomic E-state index is 15.7. The Morgan fingerprint density at radius 3 is 2.59 bits per heavy atom. The van der Waals surface area contributed by atoms with E-state index in [2.05, 4.69) is 25.8 Å². The zero-order chi connectivity index (χ0) is 30.5. The van der Waals surface area contributed by atoms with Crippen molar-refractivity contribution in [1.29, 1.82) is 5.26 Å². The van der Waals surface area contributed by atoms with Gasteiger partial charge in [-0.05, 0) is 36.4 Å². The zero-order valence-corrected chi connectivity index (χ0v) is 24.4. The van der Waals surface area contributed by atoms with Crippen LogP contribution < -0.4 is 9.80 Å². The van der Waals surface area contributed by atoms with Crippen molar-refractivity contribution >= 4 is 55.9 Å². The molecule has 11 nitrogen and oxygen atoms in total. The van der Waals surface area contributed by atoms with Crippen LogP contribution in [0.25, 0.3) is 33.4 Å². The van der Waals surface area contributed by atoms with Crippen molar-refractivity contribution in [2.75, 3.05) is 62.7 Å². The normalized spacial score (nSPS) is 16.0. The van der Waals surface area contributed by atoms with Gasteiger partial charge >= 0.3 is 0 Å². The molecule has 0 radical (unpaired) electrons. The zero-order valence-electron chi connectivity index (χ0n) is 23.6. The number of aliphatic hydroxyl groups is 1. The minimum atomic E-state index is -0.525. The number of thiazole rings is 1. The van der Waals surface area contributed by atoms with Crippen LogP contribution in [0, 0.1) is 23.0 Å². The smallest absolute Gasteiger partial charge is 0.249 e. The molecular formula is C30H26F2N8O3S. The number of hydrogen-bond acceptors (Lipinski definition) is 11. The predicted molar refractivity (Wildman–Crippen MR) is 161 cm³/mol. The molecule has 2 fully saturated rings. The number of nitriles is 1. The number of β-amino-alcohol motifs (C(OH)–C–C–N with tert-alkyl or cyclic N) is 1. The Bertz CT molecular complexity index is 1920. The molecule has 0 spiro atoms. The molecule has 44 heavy (non-hydrogen) atoms. The fourth-order valence-corrected chi connectivity index (χ4v) is 6.51. The number of benzene rings is 2. The van der Waals surface area contributed by atoms with Crippen LogP contribution in [0.4, 0.5) is 25.3 Å². The Morgan fingerprint density at radius 2 is 1.89 bits per heavy atom. The van der Waals surface area contributed by atoms with Crippen LogP contribution >= 0.6 is 11.3 Å². The lowest BCUT2D eigenvalue weighted by Crippen LogP contribution is -2.57. The van der Waals surface area contributed by atoms with Gasteiger partial charge in [-0.1, -0.05) is 11.3 Å². The summed E-state index contributed by atoms with van der Waals surface area (Å²) >= 11 is 1.16.